The first kappa shape index (κ1) is 12.9. The highest BCUT2D eigenvalue weighted by atomic mass is 32.2. The third kappa shape index (κ3) is 3.17. The fraction of sp³-hybridized carbons (Fsp3) is 0.750. The number of hydrogen-bond donors (Lipinski definition) is 2. The molecule has 0 bridgehead atoms. The number of ether oxygens (including phenoxy) is 1. The Morgan fingerprint density at radius 3 is 2.50 bits per heavy atom. The van der Waals surface area contributed by atoms with Gasteiger partial charge >= 0.3 is 11.9 Å². The Morgan fingerprint density at radius 1 is 1.44 bits per heavy atom. The van der Waals surface area contributed by atoms with Gasteiger partial charge in [0.05, 0.1) is 30.3 Å². The van der Waals surface area contributed by atoms with Crippen LogP contribution in [0.1, 0.15) is 6.92 Å². The second-order valence-electron chi connectivity index (χ2n) is 3.44. The molecule has 8 heteroatoms. The molecular formula is C8H13NO6S. The highest BCUT2D eigenvalue weighted by Crippen LogP contribution is 2.12. The Morgan fingerprint density at radius 2 is 2.06 bits per heavy atom. The first-order chi connectivity index (χ1) is 7.35. The van der Waals surface area contributed by atoms with Gasteiger partial charge in [-0.3, -0.25) is 4.79 Å². The lowest BCUT2D eigenvalue weighted by Gasteiger charge is -2.13. The van der Waals surface area contributed by atoms with E-state index in [1.165, 1.54) is 0 Å². The van der Waals surface area contributed by atoms with E-state index < -0.39 is 39.6 Å². The summed E-state index contributed by atoms with van der Waals surface area (Å²) >= 11 is 0. The lowest BCUT2D eigenvalue weighted by atomic mass is 10.2. The zero-order chi connectivity index (χ0) is 12.3. The number of hydrogen-bond acceptors (Lipinski definition) is 6. The smallest absolute Gasteiger partial charge is 0.396 e. The molecule has 0 aliphatic carbocycles. The Labute approximate surface area is 92.7 Å². The van der Waals surface area contributed by atoms with Crippen molar-refractivity contribution in [3.8, 4) is 0 Å². The van der Waals surface area contributed by atoms with Crippen LogP contribution in [-0.4, -0.2) is 55.7 Å². The van der Waals surface area contributed by atoms with E-state index in [0.29, 0.717) is 0 Å². The van der Waals surface area contributed by atoms with Crippen LogP contribution >= 0.6 is 0 Å². The zero-order valence-electron chi connectivity index (χ0n) is 8.67. The lowest BCUT2D eigenvalue weighted by Crippen LogP contribution is -2.46. The molecule has 1 aliphatic rings. The summed E-state index contributed by atoms with van der Waals surface area (Å²) in [6, 6.07) is -0.943. The van der Waals surface area contributed by atoms with Crippen LogP contribution in [0.25, 0.3) is 0 Å². The predicted octanol–water partition coefficient (Wildman–Crippen LogP) is -2.18. The van der Waals surface area contributed by atoms with Gasteiger partial charge in [-0.25, -0.2) is 13.2 Å². The molecule has 1 heterocycles. The van der Waals surface area contributed by atoms with Gasteiger partial charge in [0.25, 0.3) is 0 Å². The van der Waals surface area contributed by atoms with Crippen molar-refractivity contribution in [1.29, 1.82) is 0 Å². The number of sulfone groups is 1. The Balaban J connectivity index is 2.56. The summed E-state index contributed by atoms with van der Waals surface area (Å²) in [5, 5.41) is 11.5. The summed E-state index contributed by atoms with van der Waals surface area (Å²) in [5.74, 6) is -2.89. The predicted molar refractivity (Wildman–Crippen MR) is 53.2 cm³/mol. The monoisotopic (exact) mass is 251 g/mol. The molecule has 0 aromatic heterocycles. The van der Waals surface area contributed by atoms with Gasteiger partial charge < -0.3 is 15.2 Å². The van der Waals surface area contributed by atoms with E-state index in [1.807, 2.05) is 0 Å². The molecule has 0 saturated carbocycles. The Kier molecular flexibility index (Phi) is 3.87. The number of esters is 1. The van der Waals surface area contributed by atoms with E-state index in [9.17, 15) is 23.1 Å². The lowest BCUT2D eigenvalue weighted by molar-refractivity contribution is -0.155. The van der Waals surface area contributed by atoms with Gasteiger partial charge in [-0.15, -0.1) is 0 Å². The van der Waals surface area contributed by atoms with Crippen molar-refractivity contribution in [2.75, 3.05) is 18.1 Å². The molecule has 1 aliphatic heterocycles. The van der Waals surface area contributed by atoms with E-state index in [2.05, 4.69) is 10.1 Å². The number of aliphatic hydroxyl groups excluding tert-OH is 1. The largest absolute Gasteiger partial charge is 0.459 e. The van der Waals surface area contributed by atoms with Gasteiger partial charge in [-0.05, 0) is 6.92 Å². The quantitative estimate of drug-likeness (QED) is 0.426. The molecule has 92 valence electrons. The molecule has 0 radical (unpaired) electrons. The van der Waals surface area contributed by atoms with E-state index in [1.54, 1.807) is 6.92 Å². The van der Waals surface area contributed by atoms with Crippen LogP contribution in [-0.2, 0) is 24.2 Å². The molecule has 0 unspecified atom stereocenters. The second-order valence-corrected chi connectivity index (χ2v) is 5.60. The van der Waals surface area contributed by atoms with Gasteiger partial charge in [0.2, 0.25) is 0 Å². The van der Waals surface area contributed by atoms with Crippen LogP contribution in [0.15, 0.2) is 0 Å². The highest BCUT2D eigenvalue weighted by molar-refractivity contribution is 7.91. The topological polar surface area (TPSA) is 110 Å². The molecule has 0 aromatic carbocycles. The van der Waals surface area contributed by atoms with Crippen LogP contribution in [0.2, 0.25) is 0 Å². The molecule has 7 nitrogen and oxygen atoms in total. The van der Waals surface area contributed by atoms with Crippen LogP contribution in [0.4, 0.5) is 0 Å². The van der Waals surface area contributed by atoms with Crippen molar-refractivity contribution in [3.63, 3.8) is 0 Å². The molecule has 1 amide bonds. The maximum atomic E-state index is 11.2. The van der Waals surface area contributed by atoms with Crippen molar-refractivity contribution in [2.24, 2.45) is 0 Å². The minimum atomic E-state index is -3.35. The number of carbonyl (C=O) groups is 2. The standard InChI is InChI=1S/C8H13NO6S/c1-2-15-8(12)7(11)9-5-3-16(13,14)4-6(5)10/h5-6,10H,2-4H2,1H3,(H,9,11)/t5-,6+/m0/s1. The zero-order valence-corrected chi connectivity index (χ0v) is 9.49. The van der Waals surface area contributed by atoms with E-state index in [-0.39, 0.29) is 12.4 Å². The maximum absolute atomic E-state index is 11.2. The first-order valence-electron chi connectivity index (χ1n) is 4.72. The number of nitrogens with one attached hydrogen (secondary N) is 1. The third-order valence-corrected chi connectivity index (χ3v) is 3.82. The van der Waals surface area contributed by atoms with Crippen molar-refractivity contribution in [1.82, 2.24) is 5.32 Å². The fourth-order valence-corrected chi connectivity index (χ4v) is 3.13. The number of carbonyl (C=O) groups excluding carboxylic acids is 2. The van der Waals surface area contributed by atoms with E-state index in [4.69, 9.17) is 0 Å². The molecular weight excluding hydrogens is 238 g/mol. The number of amides is 1. The molecule has 2 N–H and O–H groups in total. The fourth-order valence-electron chi connectivity index (χ4n) is 1.39. The van der Waals surface area contributed by atoms with Crippen LogP contribution in [0.3, 0.4) is 0 Å². The van der Waals surface area contributed by atoms with Crippen molar-refractivity contribution >= 4 is 21.7 Å². The van der Waals surface area contributed by atoms with Gasteiger partial charge in [0.1, 0.15) is 0 Å². The summed E-state index contributed by atoms with van der Waals surface area (Å²) < 4.78 is 26.6. The van der Waals surface area contributed by atoms with Crippen molar-refractivity contribution in [2.45, 2.75) is 19.1 Å². The minimum absolute atomic E-state index is 0.0533. The van der Waals surface area contributed by atoms with Gasteiger partial charge in [-0.2, -0.15) is 0 Å². The average molecular weight is 251 g/mol. The van der Waals surface area contributed by atoms with Crippen molar-refractivity contribution < 1.29 is 27.9 Å². The maximum Gasteiger partial charge on any atom is 0.396 e. The van der Waals surface area contributed by atoms with Gasteiger partial charge in [0.15, 0.2) is 9.84 Å². The molecule has 16 heavy (non-hydrogen) atoms. The highest BCUT2D eigenvalue weighted by Gasteiger charge is 2.38. The second kappa shape index (κ2) is 4.79. The van der Waals surface area contributed by atoms with Crippen molar-refractivity contribution in [3.05, 3.63) is 0 Å². The molecule has 0 aromatic rings. The molecule has 1 fully saturated rings. The van der Waals surface area contributed by atoms with Crippen LogP contribution < -0.4 is 5.32 Å². The summed E-state index contributed by atoms with van der Waals surface area (Å²) in [5.41, 5.74) is 0. The number of aliphatic hydroxyl groups is 1. The van der Waals surface area contributed by atoms with Crippen LogP contribution in [0, 0.1) is 0 Å². The van der Waals surface area contributed by atoms with Gasteiger partial charge in [0, 0.05) is 0 Å². The Bertz CT molecular complexity index is 389. The average Bonchev–Trinajstić information content (AvgIpc) is 2.40. The minimum Gasteiger partial charge on any atom is -0.459 e. The van der Waals surface area contributed by atoms with Gasteiger partial charge in [-0.1, -0.05) is 0 Å². The molecule has 0 spiro atoms. The van der Waals surface area contributed by atoms with E-state index >= 15 is 0 Å². The van der Waals surface area contributed by atoms with E-state index in [0.717, 1.165) is 0 Å². The summed E-state index contributed by atoms with van der Waals surface area (Å²) in [4.78, 5) is 22.1. The summed E-state index contributed by atoms with van der Waals surface area (Å²) in [6.07, 6.45) is -1.18. The summed E-state index contributed by atoms with van der Waals surface area (Å²) in [6.45, 7) is 1.60. The third-order valence-electron chi connectivity index (χ3n) is 2.10. The molecule has 2 atom stereocenters. The summed E-state index contributed by atoms with van der Waals surface area (Å²) in [7, 11) is -3.35. The Hall–Kier alpha value is -1.15. The molecule has 1 saturated heterocycles. The molecule has 1 rings (SSSR count). The normalized spacial score (nSPS) is 27.4. The SMILES string of the molecule is CCOC(=O)C(=O)N[C@H]1CS(=O)(=O)C[C@H]1O. The first-order valence-corrected chi connectivity index (χ1v) is 6.54. The van der Waals surface area contributed by atoms with Crippen LogP contribution in [0.5, 0.6) is 0 Å². The number of rotatable bonds is 2.